The van der Waals surface area contributed by atoms with Crippen molar-refractivity contribution in [1.82, 2.24) is 9.80 Å². The van der Waals surface area contributed by atoms with Gasteiger partial charge in [0.2, 0.25) is 0 Å². The van der Waals surface area contributed by atoms with Gasteiger partial charge >= 0.3 is 6.03 Å². The summed E-state index contributed by atoms with van der Waals surface area (Å²) in [5.41, 5.74) is 2.08. The van der Waals surface area contributed by atoms with Gasteiger partial charge in [0.25, 0.3) is 0 Å². The van der Waals surface area contributed by atoms with E-state index in [1.807, 2.05) is 23.1 Å². The summed E-state index contributed by atoms with van der Waals surface area (Å²) in [6.45, 7) is 5.44. The van der Waals surface area contributed by atoms with Crippen molar-refractivity contribution in [1.29, 1.82) is 0 Å². The van der Waals surface area contributed by atoms with Crippen LogP contribution in [-0.2, 0) is 6.54 Å². The molecular formula is C19H22ClN3O. The van der Waals surface area contributed by atoms with Crippen molar-refractivity contribution in [3.05, 3.63) is 65.2 Å². The fourth-order valence-corrected chi connectivity index (χ4v) is 3.09. The van der Waals surface area contributed by atoms with Crippen molar-refractivity contribution in [2.75, 3.05) is 25.0 Å². The van der Waals surface area contributed by atoms with Gasteiger partial charge in [0.15, 0.2) is 0 Å². The number of halogens is 1. The number of carbonyl (C=O) groups excluding carboxylic acids is 1. The van der Waals surface area contributed by atoms with Crippen molar-refractivity contribution in [3.8, 4) is 0 Å². The second-order valence-electron chi connectivity index (χ2n) is 6.19. The summed E-state index contributed by atoms with van der Waals surface area (Å²) in [4.78, 5) is 16.7. The van der Waals surface area contributed by atoms with Gasteiger partial charge in [-0.1, -0.05) is 41.9 Å². The molecule has 2 aromatic rings. The van der Waals surface area contributed by atoms with E-state index in [0.717, 1.165) is 31.9 Å². The molecule has 1 saturated heterocycles. The highest BCUT2D eigenvalue weighted by molar-refractivity contribution is 6.30. The molecule has 1 unspecified atom stereocenters. The lowest BCUT2D eigenvalue weighted by molar-refractivity contribution is 0.0975. The molecule has 1 aliphatic rings. The molecule has 126 valence electrons. The molecule has 3 rings (SSSR count). The van der Waals surface area contributed by atoms with Gasteiger partial charge in [-0.3, -0.25) is 4.90 Å². The summed E-state index contributed by atoms with van der Waals surface area (Å²) in [7, 11) is 0. The molecule has 24 heavy (non-hydrogen) atoms. The Morgan fingerprint density at radius 2 is 1.83 bits per heavy atom. The van der Waals surface area contributed by atoms with Crippen LogP contribution in [0.3, 0.4) is 0 Å². The Balaban J connectivity index is 1.54. The number of carbonyl (C=O) groups is 1. The summed E-state index contributed by atoms with van der Waals surface area (Å²) in [6.07, 6.45) is 0. The average molecular weight is 344 g/mol. The van der Waals surface area contributed by atoms with Crippen LogP contribution >= 0.6 is 11.6 Å². The zero-order valence-electron chi connectivity index (χ0n) is 13.8. The van der Waals surface area contributed by atoms with E-state index in [-0.39, 0.29) is 6.03 Å². The van der Waals surface area contributed by atoms with Crippen LogP contribution < -0.4 is 5.32 Å². The number of rotatable bonds is 3. The monoisotopic (exact) mass is 343 g/mol. The number of nitrogens with one attached hydrogen (secondary N) is 1. The number of hydrogen-bond donors (Lipinski definition) is 1. The molecule has 1 fully saturated rings. The zero-order valence-corrected chi connectivity index (χ0v) is 14.5. The number of hydrogen-bond acceptors (Lipinski definition) is 2. The maximum atomic E-state index is 12.4. The van der Waals surface area contributed by atoms with E-state index in [2.05, 4.69) is 41.4 Å². The van der Waals surface area contributed by atoms with E-state index in [9.17, 15) is 4.79 Å². The number of benzene rings is 2. The molecule has 2 aromatic carbocycles. The van der Waals surface area contributed by atoms with Crippen molar-refractivity contribution >= 4 is 23.3 Å². The SMILES string of the molecule is CC1CN(C(=O)Nc2ccc(Cl)cc2)CCN1Cc1ccccc1. The van der Waals surface area contributed by atoms with Gasteiger partial charge in [0.1, 0.15) is 0 Å². The minimum atomic E-state index is -0.0523. The summed E-state index contributed by atoms with van der Waals surface area (Å²) in [5, 5.41) is 3.60. The Morgan fingerprint density at radius 3 is 2.50 bits per heavy atom. The van der Waals surface area contributed by atoms with Crippen LogP contribution in [0.25, 0.3) is 0 Å². The Hall–Kier alpha value is -2.04. The molecule has 5 heteroatoms. The van der Waals surface area contributed by atoms with Crippen LogP contribution in [0.2, 0.25) is 5.02 Å². The molecular weight excluding hydrogens is 322 g/mol. The second kappa shape index (κ2) is 7.69. The molecule has 4 nitrogen and oxygen atoms in total. The normalized spacial score (nSPS) is 18.4. The van der Waals surface area contributed by atoms with E-state index in [0.29, 0.717) is 11.1 Å². The standard InChI is InChI=1S/C19H22ClN3O/c1-15-13-23(19(24)21-18-9-7-17(20)8-10-18)12-11-22(15)14-16-5-3-2-4-6-16/h2-10,15H,11-14H2,1H3,(H,21,24). The average Bonchev–Trinajstić information content (AvgIpc) is 2.59. The van der Waals surface area contributed by atoms with Crippen molar-refractivity contribution in [2.24, 2.45) is 0 Å². The Labute approximate surface area is 148 Å². The predicted octanol–water partition coefficient (Wildman–Crippen LogP) is 4.08. The maximum absolute atomic E-state index is 12.4. The molecule has 1 N–H and O–H groups in total. The van der Waals surface area contributed by atoms with Gasteiger partial charge in [0.05, 0.1) is 0 Å². The molecule has 1 atom stereocenters. The number of nitrogens with zero attached hydrogens (tertiary/aromatic N) is 2. The van der Waals surface area contributed by atoms with Crippen LogP contribution in [0.15, 0.2) is 54.6 Å². The zero-order chi connectivity index (χ0) is 16.9. The summed E-state index contributed by atoms with van der Waals surface area (Å²) in [5.74, 6) is 0. The number of urea groups is 1. The maximum Gasteiger partial charge on any atom is 0.321 e. The van der Waals surface area contributed by atoms with Crippen molar-refractivity contribution in [2.45, 2.75) is 19.5 Å². The molecule has 0 radical (unpaired) electrons. The quantitative estimate of drug-likeness (QED) is 0.911. The Bertz CT molecular complexity index is 675. The van der Waals surface area contributed by atoms with E-state index in [4.69, 9.17) is 11.6 Å². The Morgan fingerprint density at radius 1 is 1.12 bits per heavy atom. The summed E-state index contributed by atoms with van der Waals surface area (Å²) >= 11 is 5.87. The molecule has 1 heterocycles. The van der Waals surface area contributed by atoms with Gasteiger partial charge < -0.3 is 10.2 Å². The van der Waals surface area contributed by atoms with E-state index in [1.54, 1.807) is 12.1 Å². The smallest absolute Gasteiger partial charge is 0.321 e. The Kier molecular flexibility index (Phi) is 5.38. The molecule has 0 aromatic heterocycles. The molecule has 1 aliphatic heterocycles. The first kappa shape index (κ1) is 16.8. The molecule has 0 bridgehead atoms. The van der Waals surface area contributed by atoms with E-state index in [1.165, 1.54) is 5.56 Å². The highest BCUT2D eigenvalue weighted by Gasteiger charge is 2.26. The first-order valence-corrected chi connectivity index (χ1v) is 8.59. The fourth-order valence-electron chi connectivity index (χ4n) is 2.97. The summed E-state index contributed by atoms with van der Waals surface area (Å²) in [6, 6.07) is 17.9. The predicted molar refractivity (Wildman–Crippen MR) is 98.4 cm³/mol. The molecule has 0 spiro atoms. The van der Waals surface area contributed by atoms with Crippen LogP contribution in [0, 0.1) is 0 Å². The van der Waals surface area contributed by atoms with Crippen LogP contribution in [0.5, 0.6) is 0 Å². The highest BCUT2D eigenvalue weighted by Crippen LogP contribution is 2.17. The lowest BCUT2D eigenvalue weighted by Crippen LogP contribution is -2.54. The molecule has 2 amide bonds. The van der Waals surface area contributed by atoms with Crippen LogP contribution in [0.4, 0.5) is 10.5 Å². The number of piperazine rings is 1. The van der Waals surface area contributed by atoms with Gasteiger partial charge in [-0.05, 0) is 36.8 Å². The topological polar surface area (TPSA) is 35.6 Å². The minimum absolute atomic E-state index is 0.0523. The van der Waals surface area contributed by atoms with E-state index >= 15 is 0 Å². The second-order valence-corrected chi connectivity index (χ2v) is 6.62. The third kappa shape index (κ3) is 4.28. The first-order chi connectivity index (χ1) is 11.6. The minimum Gasteiger partial charge on any atom is -0.322 e. The lowest BCUT2D eigenvalue weighted by Gasteiger charge is -2.39. The van der Waals surface area contributed by atoms with Gasteiger partial charge in [-0.15, -0.1) is 0 Å². The molecule has 0 aliphatic carbocycles. The van der Waals surface area contributed by atoms with Crippen LogP contribution in [0.1, 0.15) is 12.5 Å². The van der Waals surface area contributed by atoms with Crippen molar-refractivity contribution < 1.29 is 4.79 Å². The van der Waals surface area contributed by atoms with Gasteiger partial charge in [-0.2, -0.15) is 0 Å². The van der Waals surface area contributed by atoms with Crippen LogP contribution in [-0.4, -0.2) is 41.5 Å². The first-order valence-electron chi connectivity index (χ1n) is 8.21. The largest absolute Gasteiger partial charge is 0.322 e. The van der Waals surface area contributed by atoms with E-state index < -0.39 is 0 Å². The lowest BCUT2D eigenvalue weighted by atomic mass is 10.1. The number of amides is 2. The number of anilines is 1. The van der Waals surface area contributed by atoms with Gasteiger partial charge in [-0.25, -0.2) is 4.79 Å². The fraction of sp³-hybridized carbons (Fsp3) is 0.316. The third-order valence-electron chi connectivity index (χ3n) is 4.38. The van der Waals surface area contributed by atoms with Gasteiger partial charge in [0, 0.05) is 42.9 Å². The highest BCUT2D eigenvalue weighted by atomic mass is 35.5. The summed E-state index contributed by atoms with van der Waals surface area (Å²) < 4.78 is 0. The molecule has 0 saturated carbocycles. The third-order valence-corrected chi connectivity index (χ3v) is 4.63. The van der Waals surface area contributed by atoms with Crippen molar-refractivity contribution in [3.63, 3.8) is 0 Å².